The fourth-order valence-corrected chi connectivity index (χ4v) is 4.07. The first-order chi connectivity index (χ1) is 14.0. The molecule has 1 aliphatic carbocycles. The van der Waals surface area contributed by atoms with Crippen LogP contribution in [0, 0.1) is 5.82 Å². The third kappa shape index (κ3) is 2.88. The van der Waals surface area contributed by atoms with Crippen LogP contribution >= 0.6 is 0 Å². The van der Waals surface area contributed by atoms with E-state index in [1.54, 1.807) is 25.1 Å². The van der Waals surface area contributed by atoms with Crippen molar-refractivity contribution >= 4 is 33.6 Å². The first-order valence-electron chi connectivity index (χ1n) is 9.90. The van der Waals surface area contributed by atoms with E-state index in [9.17, 15) is 14.0 Å². The first kappa shape index (κ1) is 18.1. The highest BCUT2D eigenvalue weighted by atomic mass is 19.1. The zero-order chi connectivity index (χ0) is 20.3. The summed E-state index contributed by atoms with van der Waals surface area (Å²) in [6.45, 7) is 2.97. The Morgan fingerprint density at radius 1 is 1.17 bits per heavy atom. The van der Waals surface area contributed by atoms with E-state index in [1.165, 1.54) is 6.07 Å². The molecule has 2 fully saturated rings. The third-order valence-corrected chi connectivity index (χ3v) is 5.71. The molecule has 1 aliphatic heterocycles. The van der Waals surface area contributed by atoms with E-state index in [2.05, 4.69) is 15.3 Å². The second-order valence-corrected chi connectivity index (χ2v) is 7.97. The number of halogens is 1. The van der Waals surface area contributed by atoms with Crippen LogP contribution in [0.4, 0.5) is 16.0 Å². The summed E-state index contributed by atoms with van der Waals surface area (Å²) in [5.74, 6) is -0.0485. The molecule has 29 heavy (non-hydrogen) atoms. The van der Waals surface area contributed by atoms with Gasteiger partial charge in [-0.05, 0) is 25.0 Å². The average Bonchev–Trinajstić information content (AvgIpc) is 3.53. The summed E-state index contributed by atoms with van der Waals surface area (Å²) in [5, 5.41) is 3.48. The van der Waals surface area contributed by atoms with Gasteiger partial charge in [-0.25, -0.2) is 4.39 Å². The summed E-state index contributed by atoms with van der Waals surface area (Å²) < 4.78 is 16.9. The maximum Gasteiger partial charge on any atom is 0.265 e. The molecule has 0 radical (unpaired) electrons. The molecular weight excluding hydrogens is 375 g/mol. The molecular formula is C20H23FN6O2. The number of pyridine rings is 1. The highest BCUT2D eigenvalue weighted by molar-refractivity contribution is 5.94. The lowest BCUT2D eigenvalue weighted by atomic mass is 10.1. The van der Waals surface area contributed by atoms with Gasteiger partial charge in [0.05, 0.1) is 11.2 Å². The lowest BCUT2D eigenvalue weighted by Crippen LogP contribution is -2.43. The molecule has 152 valence electrons. The van der Waals surface area contributed by atoms with Gasteiger partial charge < -0.3 is 19.7 Å². The second kappa shape index (κ2) is 6.55. The van der Waals surface area contributed by atoms with E-state index in [1.807, 2.05) is 9.47 Å². The molecule has 3 heterocycles. The Balaban J connectivity index is 1.87. The SMILES string of the molecule is CN(C)c1nc2c(c(=O)[nH]1)c(=O)c1cc(F)c(N3CCNCC3)cc1n2C1CC1. The summed E-state index contributed by atoms with van der Waals surface area (Å²) in [7, 11) is 3.56. The Kier molecular flexibility index (Phi) is 4.09. The van der Waals surface area contributed by atoms with Crippen molar-refractivity contribution in [2.24, 2.45) is 0 Å². The molecule has 0 atom stereocenters. The number of nitrogens with one attached hydrogen (secondary N) is 2. The Morgan fingerprint density at radius 3 is 2.55 bits per heavy atom. The lowest BCUT2D eigenvalue weighted by Gasteiger charge is -2.30. The molecule has 0 spiro atoms. The van der Waals surface area contributed by atoms with Gasteiger partial charge in [-0.2, -0.15) is 4.98 Å². The van der Waals surface area contributed by atoms with Gasteiger partial charge in [-0.1, -0.05) is 0 Å². The highest BCUT2D eigenvalue weighted by Crippen LogP contribution is 2.39. The van der Waals surface area contributed by atoms with Crippen LogP contribution in [0.1, 0.15) is 18.9 Å². The van der Waals surface area contributed by atoms with Crippen LogP contribution in [-0.4, -0.2) is 54.8 Å². The molecule has 9 heteroatoms. The predicted octanol–water partition coefficient (Wildman–Crippen LogP) is 1.19. The summed E-state index contributed by atoms with van der Waals surface area (Å²) in [4.78, 5) is 36.8. The normalized spacial score (nSPS) is 17.3. The number of nitrogens with zero attached hydrogens (tertiary/aromatic N) is 4. The van der Waals surface area contributed by atoms with Gasteiger partial charge >= 0.3 is 0 Å². The molecule has 0 amide bonds. The number of fused-ring (bicyclic) bond motifs is 2. The summed E-state index contributed by atoms with van der Waals surface area (Å²) in [5.41, 5.74) is 0.534. The molecule has 3 aromatic rings. The van der Waals surface area contributed by atoms with Crippen molar-refractivity contribution in [2.75, 3.05) is 50.1 Å². The van der Waals surface area contributed by atoms with Crippen molar-refractivity contribution in [3.8, 4) is 0 Å². The van der Waals surface area contributed by atoms with Crippen molar-refractivity contribution in [3.05, 3.63) is 38.5 Å². The number of anilines is 2. The topological polar surface area (TPSA) is 86.3 Å². The van der Waals surface area contributed by atoms with Crippen LogP contribution in [0.5, 0.6) is 0 Å². The Labute approximate surface area is 165 Å². The minimum atomic E-state index is -0.494. The van der Waals surface area contributed by atoms with E-state index in [0.29, 0.717) is 35.9 Å². The smallest absolute Gasteiger partial charge is 0.265 e. The van der Waals surface area contributed by atoms with E-state index >= 15 is 0 Å². The van der Waals surface area contributed by atoms with Gasteiger partial charge in [0, 0.05) is 51.7 Å². The monoisotopic (exact) mass is 398 g/mol. The van der Waals surface area contributed by atoms with Crippen LogP contribution < -0.4 is 26.1 Å². The number of H-pyrrole nitrogens is 1. The second-order valence-electron chi connectivity index (χ2n) is 7.97. The van der Waals surface area contributed by atoms with Crippen LogP contribution in [-0.2, 0) is 0 Å². The Hall–Kier alpha value is -2.94. The zero-order valence-electron chi connectivity index (χ0n) is 16.5. The molecule has 1 saturated carbocycles. The van der Waals surface area contributed by atoms with Crippen LogP contribution in [0.25, 0.3) is 21.9 Å². The number of rotatable bonds is 3. The van der Waals surface area contributed by atoms with Crippen molar-refractivity contribution < 1.29 is 4.39 Å². The molecule has 8 nitrogen and oxygen atoms in total. The fraction of sp³-hybridized carbons (Fsp3) is 0.450. The van der Waals surface area contributed by atoms with Crippen LogP contribution in [0.15, 0.2) is 21.7 Å². The lowest BCUT2D eigenvalue weighted by molar-refractivity contribution is 0.567. The van der Waals surface area contributed by atoms with Crippen molar-refractivity contribution in [1.29, 1.82) is 0 Å². The molecule has 0 bridgehead atoms. The molecule has 2 aliphatic rings. The largest absolute Gasteiger partial charge is 0.367 e. The van der Waals surface area contributed by atoms with Crippen LogP contribution in [0.3, 0.4) is 0 Å². The van der Waals surface area contributed by atoms with Crippen LogP contribution in [0.2, 0.25) is 0 Å². The van der Waals surface area contributed by atoms with Gasteiger partial charge in [0.15, 0.2) is 5.65 Å². The maximum atomic E-state index is 15.0. The summed E-state index contributed by atoms with van der Waals surface area (Å²) in [6, 6.07) is 3.20. The zero-order valence-corrected chi connectivity index (χ0v) is 16.5. The maximum absolute atomic E-state index is 15.0. The van der Waals surface area contributed by atoms with Gasteiger partial charge in [-0.15, -0.1) is 0 Å². The van der Waals surface area contributed by atoms with Gasteiger partial charge in [0.2, 0.25) is 11.4 Å². The third-order valence-electron chi connectivity index (χ3n) is 5.71. The number of hydrogen-bond acceptors (Lipinski definition) is 6. The number of hydrogen-bond donors (Lipinski definition) is 2. The van der Waals surface area contributed by atoms with Crippen molar-refractivity contribution in [3.63, 3.8) is 0 Å². The molecule has 0 unspecified atom stereocenters. The van der Waals surface area contributed by atoms with Gasteiger partial charge in [-0.3, -0.25) is 14.6 Å². The highest BCUT2D eigenvalue weighted by Gasteiger charge is 2.30. The Bertz CT molecular complexity index is 1240. The van der Waals surface area contributed by atoms with E-state index in [0.717, 1.165) is 25.9 Å². The number of benzene rings is 1. The number of piperazine rings is 1. The number of aromatic nitrogens is 3. The quantitative estimate of drug-likeness (QED) is 0.645. The standard InChI is InChI=1S/C20H23FN6O2/c1-25(2)20-23-18-16(19(29)24-20)17(28)12-9-13(21)15(26-7-5-22-6-8-26)10-14(12)27(18)11-3-4-11/h9-11,22H,3-8H2,1-2H3,(H,23,24,29). The minimum absolute atomic E-state index is 0.00989. The van der Waals surface area contributed by atoms with Gasteiger partial charge in [0.1, 0.15) is 11.2 Å². The molecule has 2 N–H and O–H groups in total. The minimum Gasteiger partial charge on any atom is -0.367 e. The van der Waals surface area contributed by atoms with Gasteiger partial charge in [0.25, 0.3) is 5.56 Å². The number of aromatic amines is 1. The first-order valence-corrected chi connectivity index (χ1v) is 9.90. The van der Waals surface area contributed by atoms with Crippen molar-refractivity contribution in [1.82, 2.24) is 19.9 Å². The molecule has 5 rings (SSSR count). The van der Waals surface area contributed by atoms with E-state index in [4.69, 9.17) is 0 Å². The van der Waals surface area contributed by atoms with Crippen molar-refractivity contribution in [2.45, 2.75) is 18.9 Å². The summed E-state index contributed by atoms with van der Waals surface area (Å²) >= 11 is 0. The fourth-order valence-electron chi connectivity index (χ4n) is 4.07. The molecule has 1 aromatic carbocycles. The average molecular weight is 398 g/mol. The molecule has 2 aromatic heterocycles. The van der Waals surface area contributed by atoms with E-state index < -0.39 is 16.8 Å². The van der Waals surface area contributed by atoms with E-state index in [-0.39, 0.29) is 16.8 Å². The predicted molar refractivity (Wildman–Crippen MR) is 112 cm³/mol. The summed E-state index contributed by atoms with van der Waals surface area (Å²) in [6.07, 6.45) is 1.89. The molecule has 1 saturated heterocycles. The Morgan fingerprint density at radius 2 is 1.90 bits per heavy atom.